The molecule has 0 bridgehead atoms. The van der Waals surface area contributed by atoms with Gasteiger partial charge in [-0.05, 0) is 25.4 Å². The maximum atomic E-state index is 5.68. The quantitative estimate of drug-likeness (QED) is 0.423. The molecule has 0 N–H and O–H groups in total. The molecular weight excluding hydrogens is 147 g/mol. The van der Waals surface area contributed by atoms with Crippen LogP contribution in [0.3, 0.4) is 0 Å². The first-order valence-corrected chi connectivity index (χ1v) is 6.89. The van der Waals surface area contributed by atoms with E-state index < -0.39 is 8.32 Å². The molecule has 3 heteroatoms. The van der Waals surface area contributed by atoms with Crippen LogP contribution in [-0.2, 0) is 0 Å². The van der Waals surface area contributed by atoms with Crippen molar-refractivity contribution >= 4 is 8.32 Å². The van der Waals surface area contributed by atoms with Gasteiger partial charge in [-0.15, -0.1) is 12.1 Å². The summed E-state index contributed by atoms with van der Waals surface area (Å²) < 4.78 is 5.68. The van der Waals surface area contributed by atoms with Gasteiger partial charge in [0.1, 0.15) is 0 Å². The Bertz CT molecular complexity index is 188. The Balaban J connectivity index is 0.000001000. The maximum absolute atomic E-state index is 5.68. The summed E-state index contributed by atoms with van der Waals surface area (Å²) in [4.78, 5) is 0. The summed E-state index contributed by atoms with van der Waals surface area (Å²) in [5, 5.41) is 0. The maximum Gasteiger partial charge on any atom is 1.00 e. The minimum atomic E-state index is -1.36. The molecule has 0 heterocycles. The molecule has 1 nitrogen and oxygen atoms in total. The van der Waals surface area contributed by atoms with Crippen LogP contribution < -0.4 is 23.3 Å². The minimum Gasteiger partial charge on any atom is -0.602 e. The second-order valence-corrected chi connectivity index (χ2v) is 7.76. The Morgan fingerprint density at radius 2 is 1.55 bits per heavy atom. The molecule has 1 aromatic carbocycles. The van der Waals surface area contributed by atoms with Crippen LogP contribution in [0.2, 0.25) is 19.6 Å². The average Bonchev–Trinajstić information content (AvgIpc) is 2.12. The third-order valence-corrected chi connectivity index (χ3v) is 1.90. The molecule has 0 saturated heterocycles. The monoisotopic (exact) mass is 160 g/mol. The first-order valence-electron chi connectivity index (χ1n) is 3.49. The van der Waals surface area contributed by atoms with Gasteiger partial charge in [0, 0.05) is 0 Å². The smallest absolute Gasteiger partial charge is 0.602 e. The van der Waals surface area contributed by atoms with Gasteiger partial charge in [-0.3, -0.25) is 0 Å². The van der Waals surface area contributed by atoms with Crippen molar-refractivity contribution in [1.82, 2.24) is 0 Å². The first-order chi connectivity index (χ1) is 4.58. The normalized spacial score (nSPS) is 10.5. The van der Waals surface area contributed by atoms with E-state index in [9.17, 15) is 0 Å². The predicted molar refractivity (Wildman–Crippen MR) is 46.0 cm³/mol. The van der Waals surface area contributed by atoms with Crippen LogP contribution in [0, 0.1) is 0 Å². The van der Waals surface area contributed by atoms with Crippen LogP contribution >= 0.6 is 0 Å². The Hall–Kier alpha value is -0.0357. The third-order valence-electron chi connectivity index (χ3n) is 1.06. The van der Waals surface area contributed by atoms with Crippen LogP contribution in [0.25, 0.3) is 0 Å². The van der Waals surface area contributed by atoms with Gasteiger partial charge in [-0.25, -0.2) is 12.1 Å². The van der Waals surface area contributed by atoms with Crippen molar-refractivity contribution in [2.45, 2.75) is 19.6 Å². The SMILES string of the molecule is C[Si](C)(C)O[c-]1cccc1.[Li+]. The van der Waals surface area contributed by atoms with Crippen LogP contribution in [0.5, 0.6) is 5.75 Å². The molecule has 0 aliphatic carbocycles. The van der Waals surface area contributed by atoms with Crippen molar-refractivity contribution < 1.29 is 23.3 Å². The van der Waals surface area contributed by atoms with Gasteiger partial charge in [0.15, 0.2) is 0 Å². The minimum absolute atomic E-state index is 0. The number of hydrogen-bond donors (Lipinski definition) is 0. The van der Waals surface area contributed by atoms with E-state index in [2.05, 4.69) is 19.6 Å². The molecule has 0 fully saturated rings. The molecule has 0 amide bonds. The molecule has 1 aromatic rings. The largest absolute Gasteiger partial charge is 1.00 e. The summed E-state index contributed by atoms with van der Waals surface area (Å²) in [7, 11) is -1.36. The molecule has 0 radical (unpaired) electrons. The summed E-state index contributed by atoms with van der Waals surface area (Å²) >= 11 is 0. The Labute approximate surface area is 81.4 Å². The summed E-state index contributed by atoms with van der Waals surface area (Å²) in [5.41, 5.74) is 0. The molecule has 0 aromatic heterocycles. The van der Waals surface area contributed by atoms with Gasteiger partial charge in [-0.1, -0.05) is 0 Å². The molecule has 0 aliphatic heterocycles. The van der Waals surface area contributed by atoms with Crippen molar-refractivity contribution in [3.8, 4) is 5.75 Å². The van der Waals surface area contributed by atoms with E-state index in [-0.39, 0.29) is 18.9 Å². The van der Waals surface area contributed by atoms with Crippen LogP contribution in [-0.4, -0.2) is 8.32 Å². The van der Waals surface area contributed by atoms with Crippen molar-refractivity contribution in [3.05, 3.63) is 24.3 Å². The zero-order chi connectivity index (χ0) is 7.61. The molecule has 0 unspecified atom stereocenters. The van der Waals surface area contributed by atoms with E-state index in [1.165, 1.54) is 0 Å². The summed E-state index contributed by atoms with van der Waals surface area (Å²) in [5.74, 6) is 1.01. The van der Waals surface area contributed by atoms with Gasteiger partial charge in [0.05, 0.1) is 0 Å². The van der Waals surface area contributed by atoms with Gasteiger partial charge >= 0.3 is 18.9 Å². The van der Waals surface area contributed by atoms with E-state index in [4.69, 9.17) is 4.43 Å². The Morgan fingerprint density at radius 1 is 1.09 bits per heavy atom. The van der Waals surface area contributed by atoms with Gasteiger partial charge in [-0.2, -0.15) is 0 Å². The summed E-state index contributed by atoms with van der Waals surface area (Å²) in [6.07, 6.45) is 0. The van der Waals surface area contributed by atoms with Crippen molar-refractivity contribution in [3.63, 3.8) is 0 Å². The zero-order valence-corrected chi connectivity index (χ0v) is 8.72. The topological polar surface area (TPSA) is 9.23 Å². The van der Waals surface area contributed by atoms with Crippen LogP contribution in [0.1, 0.15) is 0 Å². The first kappa shape index (κ1) is 11.0. The molecule has 0 aliphatic rings. The van der Waals surface area contributed by atoms with E-state index in [1.54, 1.807) is 0 Å². The zero-order valence-electron chi connectivity index (χ0n) is 7.72. The molecule has 0 saturated carbocycles. The fourth-order valence-corrected chi connectivity index (χ4v) is 1.62. The molecular formula is C8H13LiOSi. The van der Waals surface area contributed by atoms with Gasteiger partial charge in [0.25, 0.3) is 0 Å². The second kappa shape index (κ2) is 4.11. The van der Waals surface area contributed by atoms with Crippen molar-refractivity contribution in [2.75, 3.05) is 0 Å². The summed E-state index contributed by atoms with van der Waals surface area (Å²) in [6.45, 7) is 6.54. The molecule has 56 valence electrons. The van der Waals surface area contributed by atoms with Gasteiger partial charge < -0.3 is 4.43 Å². The Morgan fingerprint density at radius 3 is 1.91 bits per heavy atom. The van der Waals surface area contributed by atoms with E-state index in [0.29, 0.717) is 0 Å². The van der Waals surface area contributed by atoms with Crippen molar-refractivity contribution in [2.24, 2.45) is 0 Å². The van der Waals surface area contributed by atoms with E-state index in [1.807, 2.05) is 24.3 Å². The average molecular weight is 160 g/mol. The Kier molecular flexibility index (Phi) is 4.09. The van der Waals surface area contributed by atoms with Gasteiger partial charge in [0.2, 0.25) is 8.32 Å². The standard InChI is InChI=1S/C8H13OSi.Li/c1-10(2,3)9-8-6-4-5-7-8;/h4-7H,1-3H3;/q-1;+1. The summed E-state index contributed by atoms with van der Waals surface area (Å²) in [6, 6.07) is 7.99. The molecule has 0 spiro atoms. The second-order valence-electron chi connectivity index (χ2n) is 3.34. The van der Waals surface area contributed by atoms with E-state index in [0.717, 1.165) is 5.75 Å². The molecule has 1 rings (SSSR count). The van der Waals surface area contributed by atoms with Crippen LogP contribution in [0.15, 0.2) is 24.3 Å². The predicted octanol–water partition coefficient (Wildman–Crippen LogP) is -0.377. The van der Waals surface area contributed by atoms with E-state index >= 15 is 0 Å². The number of hydrogen-bond acceptors (Lipinski definition) is 1. The third kappa shape index (κ3) is 4.42. The fraction of sp³-hybridized carbons (Fsp3) is 0.375. The fourth-order valence-electron chi connectivity index (χ4n) is 0.778. The molecule has 0 atom stereocenters. The van der Waals surface area contributed by atoms with Crippen LogP contribution in [0.4, 0.5) is 0 Å². The van der Waals surface area contributed by atoms with Crippen molar-refractivity contribution in [1.29, 1.82) is 0 Å². The molecule has 11 heavy (non-hydrogen) atoms. The number of rotatable bonds is 2.